The first-order chi connectivity index (χ1) is 11.4. The summed E-state index contributed by atoms with van der Waals surface area (Å²) in [5.41, 5.74) is 0.853. The Bertz CT molecular complexity index is 796. The lowest BCUT2D eigenvalue weighted by atomic mass is 10.1. The summed E-state index contributed by atoms with van der Waals surface area (Å²) in [6, 6.07) is 11.7. The molecule has 2 aromatic carbocycles. The van der Waals surface area contributed by atoms with Gasteiger partial charge in [-0.1, -0.05) is 31.9 Å². The number of amides is 2. The Morgan fingerprint density at radius 1 is 1.12 bits per heavy atom. The van der Waals surface area contributed by atoms with Gasteiger partial charge >= 0.3 is 0 Å². The van der Waals surface area contributed by atoms with Crippen molar-refractivity contribution in [3.05, 3.63) is 57.2 Å². The van der Waals surface area contributed by atoms with E-state index in [1.165, 1.54) is 12.1 Å². The first kappa shape index (κ1) is 17.1. The molecule has 0 saturated carbocycles. The van der Waals surface area contributed by atoms with Crippen molar-refractivity contribution in [1.29, 1.82) is 0 Å². The van der Waals surface area contributed by atoms with Crippen LogP contribution in [0.4, 0.5) is 15.8 Å². The molecule has 0 aliphatic carbocycles. The second-order valence-electron chi connectivity index (χ2n) is 5.50. The molecule has 1 atom stereocenters. The Kier molecular flexibility index (Phi) is 5.01. The van der Waals surface area contributed by atoms with E-state index in [-0.39, 0.29) is 30.5 Å². The third kappa shape index (κ3) is 3.67. The largest absolute Gasteiger partial charge is 0.323 e. The number of anilines is 2. The van der Waals surface area contributed by atoms with Crippen molar-refractivity contribution in [3.8, 4) is 0 Å². The van der Waals surface area contributed by atoms with Crippen molar-refractivity contribution in [3.63, 3.8) is 0 Å². The summed E-state index contributed by atoms with van der Waals surface area (Å²) < 4.78 is 15.3. The van der Waals surface area contributed by atoms with Crippen LogP contribution >= 0.6 is 31.9 Å². The van der Waals surface area contributed by atoms with Crippen LogP contribution in [0.1, 0.15) is 6.42 Å². The molecule has 4 nitrogen and oxygen atoms in total. The molecule has 1 saturated heterocycles. The number of nitrogens with zero attached hydrogens (tertiary/aromatic N) is 1. The average Bonchev–Trinajstić information content (AvgIpc) is 2.93. The highest BCUT2D eigenvalue weighted by Gasteiger charge is 2.35. The van der Waals surface area contributed by atoms with Gasteiger partial charge in [-0.05, 0) is 42.5 Å². The summed E-state index contributed by atoms with van der Waals surface area (Å²) in [5, 5.41) is 2.56. The summed E-state index contributed by atoms with van der Waals surface area (Å²) in [4.78, 5) is 26.1. The van der Waals surface area contributed by atoms with E-state index in [0.29, 0.717) is 4.47 Å². The van der Waals surface area contributed by atoms with Crippen LogP contribution in [0.2, 0.25) is 0 Å². The van der Waals surface area contributed by atoms with Crippen LogP contribution in [-0.4, -0.2) is 18.4 Å². The predicted octanol–water partition coefficient (Wildman–Crippen LogP) is 4.34. The molecule has 0 spiro atoms. The topological polar surface area (TPSA) is 49.4 Å². The van der Waals surface area contributed by atoms with Crippen LogP contribution in [0.3, 0.4) is 0 Å². The second kappa shape index (κ2) is 7.03. The molecule has 1 aliphatic heterocycles. The molecular weight excluding hydrogens is 443 g/mol. The van der Waals surface area contributed by atoms with Crippen molar-refractivity contribution in [2.75, 3.05) is 16.8 Å². The fourth-order valence-corrected chi connectivity index (χ4v) is 3.18. The summed E-state index contributed by atoms with van der Waals surface area (Å²) in [5.74, 6) is -1.51. The van der Waals surface area contributed by atoms with Gasteiger partial charge in [-0.25, -0.2) is 4.39 Å². The van der Waals surface area contributed by atoms with Crippen LogP contribution in [0.5, 0.6) is 0 Å². The SMILES string of the molecule is O=C(Nc1ccc(Br)cc1F)C1CC(=O)N(c2ccc(Br)cc2)C1. The minimum Gasteiger partial charge on any atom is -0.323 e. The normalized spacial score (nSPS) is 17.2. The first-order valence-electron chi connectivity index (χ1n) is 7.26. The lowest BCUT2D eigenvalue weighted by Gasteiger charge is -2.17. The van der Waals surface area contributed by atoms with Gasteiger partial charge in [0.2, 0.25) is 11.8 Å². The van der Waals surface area contributed by atoms with Crippen LogP contribution in [0.25, 0.3) is 0 Å². The molecule has 2 amide bonds. The highest BCUT2D eigenvalue weighted by molar-refractivity contribution is 9.10. The molecule has 3 rings (SSSR count). The van der Waals surface area contributed by atoms with E-state index < -0.39 is 11.7 Å². The maximum absolute atomic E-state index is 13.8. The third-order valence-electron chi connectivity index (χ3n) is 3.82. The van der Waals surface area contributed by atoms with Gasteiger partial charge in [0, 0.05) is 27.6 Å². The fourth-order valence-electron chi connectivity index (χ4n) is 2.58. The number of carbonyl (C=O) groups excluding carboxylic acids is 2. The lowest BCUT2D eigenvalue weighted by Crippen LogP contribution is -2.28. The minimum absolute atomic E-state index is 0.109. The van der Waals surface area contributed by atoms with Crippen molar-refractivity contribution < 1.29 is 14.0 Å². The maximum atomic E-state index is 13.8. The number of carbonyl (C=O) groups is 2. The van der Waals surface area contributed by atoms with E-state index in [2.05, 4.69) is 37.2 Å². The monoisotopic (exact) mass is 454 g/mol. The molecule has 0 bridgehead atoms. The number of hydrogen-bond acceptors (Lipinski definition) is 2. The molecule has 24 heavy (non-hydrogen) atoms. The smallest absolute Gasteiger partial charge is 0.229 e. The van der Waals surface area contributed by atoms with Crippen molar-refractivity contribution in [2.45, 2.75) is 6.42 Å². The van der Waals surface area contributed by atoms with E-state index in [0.717, 1.165) is 10.2 Å². The zero-order valence-corrected chi connectivity index (χ0v) is 15.6. The number of benzene rings is 2. The van der Waals surface area contributed by atoms with Gasteiger partial charge in [0.25, 0.3) is 0 Å². The Hall–Kier alpha value is -1.73. The summed E-state index contributed by atoms with van der Waals surface area (Å²) in [6.45, 7) is 0.282. The number of nitrogens with one attached hydrogen (secondary N) is 1. The van der Waals surface area contributed by atoms with Crippen LogP contribution in [-0.2, 0) is 9.59 Å². The highest BCUT2D eigenvalue weighted by Crippen LogP contribution is 2.28. The van der Waals surface area contributed by atoms with E-state index in [1.807, 2.05) is 24.3 Å². The Morgan fingerprint density at radius 3 is 2.46 bits per heavy atom. The van der Waals surface area contributed by atoms with Gasteiger partial charge in [-0.2, -0.15) is 0 Å². The van der Waals surface area contributed by atoms with Gasteiger partial charge in [0.05, 0.1) is 11.6 Å². The van der Waals surface area contributed by atoms with Crippen molar-refractivity contribution >= 4 is 55.0 Å². The van der Waals surface area contributed by atoms with E-state index in [9.17, 15) is 14.0 Å². The molecule has 2 aromatic rings. The fraction of sp³-hybridized carbons (Fsp3) is 0.176. The summed E-state index contributed by atoms with van der Waals surface area (Å²) in [7, 11) is 0. The standard InChI is InChI=1S/C17H13Br2FN2O2/c18-11-1-4-13(5-2-11)22-9-10(7-16(22)23)17(24)21-15-6-3-12(19)8-14(15)20/h1-6,8,10H,7,9H2,(H,21,24). The Morgan fingerprint density at radius 2 is 1.79 bits per heavy atom. The van der Waals surface area contributed by atoms with Gasteiger partial charge < -0.3 is 10.2 Å². The molecule has 1 N–H and O–H groups in total. The third-order valence-corrected chi connectivity index (χ3v) is 4.85. The Labute approximate surface area is 155 Å². The molecule has 124 valence electrons. The minimum atomic E-state index is -0.521. The van der Waals surface area contributed by atoms with Crippen LogP contribution in [0.15, 0.2) is 51.4 Å². The maximum Gasteiger partial charge on any atom is 0.229 e. The molecule has 1 unspecified atom stereocenters. The lowest BCUT2D eigenvalue weighted by molar-refractivity contribution is -0.122. The molecule has 7 heteroatoms. The highest BCUT2D eigenvalue weighted by atomic mass is 79.9. The predicted molar refractivity (Wildman–Crippen MR) is 97.3 cm³/mol. The molecule has 1 heterocycles. The van der Waals surface area contributed by atoms with Crippen LogP contribution in [0, 0.1) is 11.7 Å². The van der Waals surface area contributed by atoms with Crippen molar-refractivity contribution in [2.24, 2.45) is 5.92 Å². The number of hydrogen-bond donors (Lipinski definition) is 1. The van der Waals surface area contributed by atoms with E-state index >= 15 is 0 Å². The van der Waals surface area contributed by atoms with Gasteiger partial charge in [-0.15, -0.1) is 0 Å². The first-order valence-corrected chi connectivity index (χ1v) is 8.84. The second-order valence-corrected chi connectivity index (χ2v) is 7.33. The van der Waals surface area contributed by atoms with Gasteiger partial charge in [0.1, 0.15) is 5.82 Å². The zero-order chi connectivity index (χ0) is 17.3. The number of rotatable bonds is 3. The van der Waals surface area contributed by atoms with Gasteiger partial charge in [0.15, 0.2) is 0 Å². The average molecular weight is 456 g/mol. The quantitative estimate of drug-likeness (QED) is 0.748. The van der Waals surface area contributed by atoms with Gasteiger partial charge in [-0.3, -0.25) is 9.59 Å². The molecule has 0 radical (unpaired) electrons. The molecule has 0 aromatic heterocycles. The molecule has 1 aliphatic rings. The van der Waals surface area contributed by atoms with Crippen molar-refractivity contribution in [1.82, 2.24) is 0 Å². The summed E-state index contributed by atoms with van der Waals surface area (Å²) in [6.07, 6.45) is 0.111. The van der Waals surface area contributed by atoms with E-state index in [1.54, 1.807) is 11.0 Å². The zero-order valence-electron chi connectivity index (χ0n) is 12.4. The summed E-state index contributed by atoms with van der Waals surface area (Å²) >= 11 is 6.51. The number of halogens is 3. The van der Waals surface area contributed by atoms with Crippen LogP contribution < -0.4 is 10.2 Å². The Balaban J connectivity index is 1.70. The molecule has 1 fully saturated rings. The molecular formula is C17H13Br2FN2O2. The van der Waals surface area contributed by atoms with E-state index in [4.69, 9.17) is 0 Å².